The maximum absolute atomic E-state index is 12.1. The molecule has 0 radical (unpaired) electrons. The highest BCUT2D eigenvalue weighted by Gasteiger charge is 2.23. The number of hydrogen-bond donors (Lipinski definition) is 1. The van der Waals surface area contributed by atoms with Crippen LogP contribution in [0.3, 0.4) is 0 Å². The molecule has 1 atom stereocenters. The summed E-state index contributed by atoms with van der Waals surface area (Å²) in [6, 6.07) is 6.27. The van der Waals surface area contributed by atoms with Crippen LogP contribution < -0.4 is 4.72 Å². The second-order valence-corrected chi connectivity index (χ2v) is 6.39. The number of nitrogens with one attached hydrogen (secondary N) is 1. The van der Waals surface area contributed by atoms with Crippen LogP contribution in [0.15, 0.2) is 24.3 Å². The maximum atomic E-state index is 12.1. The molecule has 7 heteroatoms. The Balaban J connectivity index is 2.06. The monoisotopic (exact) mass is 299 g/mol. The molecular formula is C13H17NO5S. The Kier molecular flexibility index (Phi) is 4.74. The summed E-state index contributed by atoms with van der Waals surface area (Å²) >= 11 is 0. The van der Waals surface area contributed by atoms with Gasteiger partial charge in [0.1, 0.15) is 6.10 Å². The third-order valence-electron chi connectivity index (χ3n) is 2.93. The van der Waals surface area contributed by atoms with E-state index in [0.29, 0.717) is 24.5 Å². The van der Waals surface area contributed by atoms with E-state index >= 15 is 0 Å². The van der Waals surface area contributed by atoms with Crippen molar-refractivity contribution in [3.63, 3.8) is 0 Å². The summed E-state index contributed by atoms with van der Waals surface area (Å²) in [5.41, 5.74) is 0.907. The Labute approximate surface area is 118 Å². The lowest BCUT2D eigenvalue weighted by molar-refractivity contribution is -0.0719. The van der Waals surface area contributed by atoms with Crippen molar-refractivity contribution in [3.8, 4) is 0 Å². The molecule has 0 spiro atoms. The number of hydrogen-bond acceptors (Lipinski definition) is 5. The largest absolute Gasteiger partial charge is 0.376 e. The maximum Gasteiger partial charge on any atom is 0.232 e. The topological polar surface area (TPSA) is 81.7 Å². The van der Waals surface area contributed by atoms with Crippen LogP contribution in [0.4, 0.5) is 5.69 Å². The first kappa shape index (κ1) is 15.0. The van der Waals surface area contributed by atoms with Gasteiger partial charge < -0.3 is 9.47 Å². The van der Waals surface area contributed by atoms with Gasteiger partial charge in [-0.1, -0.05) is 0 Å². The number of carbonyl (C=O) groups is 1. The fourth-order valence-corrected chi connectivity index (χ4v) is 2.42. The van der Waals surface area contributed by atoms with Crippen molar-refractivity contribution < 1.29 is 22.7 Å². The van der Waals surface area contributed by atoms with Crippen LogP contribution in [0.1, 0.15) is 17.3 Å². The van der Waals surface area contributed by atoms with Gasteiger partial charge in [0.05, 0.1) is 25.6 Å². The molecule has 20 heavy (non-hydrogen) atoms. The van der Waals surface area contributed by atoms with E-state index in [-0.39, 0.29) is 18.1 Å². The Morgan fingerprint density at radius 3 is 2.55 bits per heavy atom. The number of ketones is 1. The predicted octanol–water partition coefficient (Wildman–Crippen LogP) is 1.05. The van der Waals surface area contributed by atoms with E-state index in [1.54, 1.807) is 31.2 Å². The summed E-state index contributed by atoms with van der Waals surface area (Å²) in [7, 11) is -3.31. The molecular weight excluding hydrogens is 282 g/mol. The summed E-state index contributed by atoms with van der Waals surface area (Å²) in [4.78, 5) is 12.1. The number of carbonyl (C=O) groups excluding carboxylic acids is 1. The average molecular weight is 299 g/mol. The lowest BCUT2D eigenvalue weighted by atomic mass is 10.1. The molecule has 0 aliphatic carbocycles. The zero-order chi connectivity index (χ0) is 14.6. The van der Waals surface area contributed by atoms with Crippen molar-refractivity contribution in [1.29, 1.82) is 0 Å². The Bertz CT molecular complexity index is 561. The van der Waals surface area contributed by atoms with E-state index in [0.717, 1.165) is 0 Å². The molecule has 1 N–H and O–H groups in total. The Hall–Kier alpha value is -1.44. The van der Waals surface area contributed by atoms with Crippen molar-refractivity contribution >= 4 is 21.5 Å². The summed E-state index contributed by atoms with van der Waals surface area (Å²) in [6.45, 7) is 2.72. The third-order valence-corrected chi connectivity index (χ3v) is 4.24. The number of anilines is 1. The van der Waals surface area contributed by atoms with Crippen molar-refractivity contribution in [2.45, 2.75) is 13.0 Å². The first-order chi connectivity index (χ1) is 9.52. The Morgan fingerprint density at radius 2 is 2.00 bits per heavy atom. The Morgan fingerprint density at radius 1 is 1.30 bits per heavy atom. The van der Waals surface area contributed by atoms with Crippen LogP contribution in [-0.2, 0) is 19.5 Å². The fraction of sp³-hybridized carbons (Fsp3) is 0.462. The molecule has 110 valence electrons. The summed E-state index contributed by atoms with van der Waals surface area (Å²) < 4.78 is 35.8. The molecule has 1 unspecified atom stereocenters. The van der Waals surface area contributed by atoms with Gasteiger partial charge in [0, 0.05) is 11.3 Å². The predicted molar refractivity (Wildman–Crippen MR) is 74.4 cm³/mol. The lowest BCUT2D eigenvalue weighted by Gasteiger charge is -2.21. The van der Waals surface area contributed by atoms with E-state index < -0.39 is 16.1 Å². The fourth-order valence-electron chi connectivity index (χ4n) is 1.78. The van der Waals surface area contributed by atoms with Gasteiger partial charge in [0.25, 0.3) is 0 Å². The lowest BCUT2D eigenvalue weighted by Crippen LogP contribution is -2.35. The van der Waals surface area contributed by atoms with Crippen molar-refractivity contribution in [1.82, 2.24) is 0 Å². The van der Waals surface area contributed by atoms with Crippen molar-refractivity contribution in [2.24, 2.45) is 0 Å². The van der Waals surface area contributed by atoms with Gasteiger partial charge in [0.15, 0.2) is 5.78 Å². The molecule has 1 fully saturated rings. The molecule has 0 bridgehead atoms. The number of benzene rings is 1. The molecule has 1 aromatic rings. The van der Waals surface area contributed by atoms with Crippen LogP contribution in [0, 0.1) is 0 Å². The minimum atomic E-state index is -3.31. The van der Waals surface area contributed by atoms with Crippen LogP contribution in [0.5, 0.6) is 0 Å². The highest BCUT2D eigenvalue weighted by molar-refractivity contribution is 7.92. The smallest absolute Gasteiger partial charge is 0.232 e. The van der Waals surface area contributed by atoms with E-state index in [1.165, 1.54) is 0 Å². The van der Waals surface area contributed by atoms with Crippen LogP contribution in [-0.4, -0.2) is 45.9 Å². The highest BCUT2D eigenvalue weighted by atomic mass is 32.2. The van der Waals surface area contributed by atoms with Gasteiger partial charge >= 0.3 is 0 Å². The standard InChI is InChI=1S/C13H17NO5S/c1-2-20(16,17)14-11-5-3-10(4-6-11)13(15)12-9-18-7-8-19-12/h3-6,12,14H,2,7-9H2,1H3. The first-order valence-electron chi connectivity index (χ1n) is 6.36. The van der Waals surface area contributed by atoms with E-state index in [1.807, 2.05) is 0 Å². The zero-order valence-corrected chi connectivity index (χ0v) is 12.0. The molecule has 1 saturated heterocycles. The van der Waals surface area contributed by atoms with Gasteiger partial charge in [-0.2, -0.15) is 0 Å². The molecule has 1 heterocycles. The minimum Gasteiger partial charge on any atom is -0.376 e. The van der Waals surface area contributed by atoms with Gasteiger partial charge in [0.2, 0.25) is 10.0 Å². The molecule has 2 rings (SSSR count). The van der Waals surface area contributed by atoms with Crippen molar-refractivity contribution in [2.75, 3.05) is 30.3 Å². The van der Waals surface area contributed by atoms with Gasteiger partial charge in [-0.3, -0.25) is 9.52 Å². The molecule has 6 nitrogen and oxygen atoms in total. The van der Waals surface area contributed by atoms with E-state index in [9.17, 15) is 13.2 Å². The van der Waals surface area contributed by atoms with Gasteiger partial charge in [-0.25, -0.2) is 8.42 Å². The van der Waals surface area contributed by atoms with Crippen LogP contribution in [0.2, 0.25) is 0 Å². The minimum absolute atomic E-state index is 0.000927. The molecule has 1 aromatic carbocycles. The van der Waals surface area contributed by atoms with Crippen molar-refractivity contribution in [3.05, 3.63) is 29.8 Å². The second kappa shape index (κ2) is 6.34. The second-order valence-electron chi connectivity index (χ2n) is 4.38. The summed E-state index contributed by atoms with van der Waals surface area (Å²) in [5, 5.41) is 0. The van der Waals surface area contributed by atoms with Gasteiger partial charge in [-0.15, -0.1) is 0 Å². The average Bonchev–Trinajstić information content (AvgIpc) is 2.48. The zero-order valence-electron chi connectivity index (χ0n) is 11.2. The van der Waals surface area contributed by atoms with E-state index in [2.05, 4.69) is 4.72 Å². The summed E-state index contributed by atoms with van der Waals surface area (Å²) in [5.74, 6) is -0.157. The van der Waals surface area contributed by atoms with Crippen LogP contribution in [0.25, 0.3) is 0 Å². The SMILES string of the molecule is CCS(=O)(=O)Nc1ccc(C(=O)C2COCCO2)cc1. The normalized spacial score (nSPS) is 19.6. The quantitative estimate of drug-likeness (QED) is 0.822. The third kappa shape index (κ3) is 3.78. The molecule has 1 aliphatic rings. The number of ether oxygens (including phenoxy) is 2. The summed E-state index contributed by atoms with van der Waals surface area (Å²) in [6.07, 6.45) is -0.582. The van der Waals surface area contributed by atoms with Crippen LogP contribution >= 0.6 is 0 Å². The number of Topliss-reactive ketones (excluding diaryl/α,β-unsaturated/α-hetero) is 1. The van der Waals surface area contributed by atoms with E-state index in [4.69, 9.17) is 9.47 Å². The van der Waals surface area contributed by atoms with Gasteiger partial charge in [-0.05, 0) is 31.2 Å². The number of rotatable bonds is 5. The highest BCUT2D eigenvalue weighted by Crippen LogP contribution is 2.15. The molecule has 0 amide bonds. The molecule has 0 saturated carbocycles. The molecule has 0 aromatic heterocycles. The molecule has 1 aliphatic heterocycles. The first-order valence-corrected chi connectivity index (χ1v) is 8.01. The number of sulfonamides is 1.